The summed E-state index contributed by atoms with van der Waals surface area (Å²) in [6.07, 6.45) is 25.7. The number of allylic oxidation sites excluding steroid dienone is 4. The molecule has 0 rings (SSSR count). The molecule has 1 atom stereocenters. The fourth-order valence-corrected chi connectivity index (χ4v) is 4.81. The maximum absolute atomic E-state index is 11.7. The Hall–Kier alpha value is -0.450. The number of likely N-dealkylation sites (N-methyl/N-ethyl adjacent to an activating group) is 1. The molecule has 184 valence electrons. The normalized spacial score (nSPS) is 15.2. The van der Waals surface area contributed by atoms with E-state index in [1.54, 1.807) is 0 Å². The zero-order chi connectivity index (χ0) is 23.6. The molecule has 0 amide bonds. The van der Waals surface area contributed by atoms with Crippen LogP contribution in [0.2, 0.25) is 0 Å². The summed E-state index contributed by atoms with van der Waals surface area (Å²) in [5, 5.41) is 8.54. The third kappa shape index (κ3) is 17.7. The van der Waals surface area contributed by atoms with Gasteiger partial charge in [-0.1, -0.05) is 76.2 Å². The van der Waals surface area contributed by atoms with E-state index in [1.165, 1.54) is 57.8 Å². The molecule has 5 nitrogen and oxygen atoms in total. The van der Waals surface area contributed by atoms with Gasteiger partial charge in [0, 0.05) is 0 Å². The van der Waals surface area contributed by atoms with Crippen molar-refractivity contribution in [1.29, 1.82) is 0 Å². The Bertz CT molecular complexity index is 536. The predicted octanol–water partition coefficient (Wildman–Crippen LogP) is 6.54. The molecule has 31 heavy (non-hydrogen) atoms. The highest BCUT2D eigenvalue weighted by Crippen LogP contribution is 2.52. The van der Waals surface area contributed by atoms with E-state index >= 15 is 0 Å². The van der Waals surface area contributed by atoms with Gasteiger partial charge >= 0.3 is 7.60 Å². The van der Waals surface area contributed by atoms with Crippen molar-refractivity contribution in [3.63, 3.8) is 0 Å². The van der Waals surface area contributed by atoms with Crippen molar-refractivity contribution in [1.82, 2.24) is 0 Å². The standard InChI is InChI=1S/C25H50NO4P/c1-5-6-7-8-9-10-11-12-13-14-15-16-17-18-19-20-21-22-23-25(27,31(28,29)30)24-26(2,3)4/h14-15,20-21,27H,5-13,16-19,22-24H2,1-4H3,(H-,28,29,30)/p+1/b15-14-,21-20-. The number of hydrogen-bond donors (Lipinski definition) is 3. The van der Waals surface area contributed by atoms with Crippen LogP contribution in [0.5, 0.6) is 0 Å². The lowest BCUT2D eigenvalue weighted by molar-refractivity contribution is -0.875. The first-order chi connectivity index (χ1) is 14.5. The summed E-state index contributed by atoms with van der Waals surface area (Å²) in [5.41, 5.74) is 0. The maximum Gasteiger partial charge on any atom is 0.362 e. The maximum atomic E-state index is 11.7. The number of hydrogen-bond acceptors (Lipinski definition) is 2. The monoisotopic (exact) mass is 460 g/mol. The number of unbranched alkanes of at least 4 members (excludes halogenated alkanes) is 11. The Morgan fingerprint density at radius 1 is 0.710 bits per heavy atom. The lowest BCUT2D eigenvalue weighted by Gasteiger charge is -2.35. The molecule has 0 spiro atoms. The van der Waals surface area contributed by atoms with E-state index in [2.05, 4.69) is 25.2 Å². The molecule has 0 aliphatic heterocycles. The molecule has 0 aliphatic rings. The molecule has 0 fully saturated rings. The summed E-state index contributed by atoms with van der Waals surface area (Å²) < 4.78 is 12.1. The van der Waals surface area contributed by atoms with Crippen molar-refractivity contribution in [2.75, 3.05) is 27.7 Å². The van der Waals surface area contributed by atoms with Crippen molar-refractivity contribution < 1.29 is 23.9 Å². The molecule has 0 aromatic heterocycles. The quantitative estimate of drug-likeness (QED) is 0.0834. The van der Waals surface area contributed by atoms with Crippen LogP contribution >= 0.6 is 7.60 Å². The fourth-order valence-electron chi connectivity index (χ4n) is 3.78. The molecule has 6 heteroatoms. The summed E-state index contributed by atoms with van der Waals surface area (Å²) in [6, 6.07) is 0. The van der Waals surface area contributed by atoms with Gasteiger partial charge in [0.2, 0.25) is 5.34 Å². The zero-order valence-electron chi connectivity index (χ0n) is 20.8. The van der Waals surface area contributed by atoms with Crippen molar-refractivity contribution in [3.8, 4) is 0 Å². The topological polar surface area (TPSA) is 77.8 Å². The molecule has 0 saturated carbocycles. The average Bonchev–Trinajstić information content (AvgIpc) is 2.65. The summed E-state index contributed by atoms with van der Waals surface area (Å²) in [4.78, 5) is 19.1. The number of aliphatic hydroxyl groups is 1. The molecule has 0 aromatic carbocycles. The van der Waals surface area contributed by atoms with E-state index in [0.717, 1.165) is 25.7 Å². The highest BCUT2D eigenvalue weighted by atomic mass is 31.2. The van der Waals surface area contributed by atoms with E-state index in [4.69, 9.17) is 0 Å². The predicted molar refractivity (Wildman–Crippen MR) is 133 cm³/mol. The van der Waals surface area contributed by atoms with E-state index in [0.29, 0.717) is 10.9 Å². The number of nitrogens with zero attached hydrogens (tertiary/aromatic N) is 1. The van der Waals surface area contributed by atoms with Crippen molar-refractivity contribution in [2.45, 2.75) is 109 Å². The second-order valence-electron chi connectivity index (χ2n) is 10.0. The van der Waals surface area contributed by atoms with Crippen LogP contribution in [0, 0.1) is 0 Å². The molecule has 0 aliphatic carbocycles. The van der Waals surface area contributed by atoms with Crippen LogP contribution in [-0.4, -0.2) is 52.4 Å². The van der Waals surface area contributed by atoms with Crippen molar-refractivity contribution >= 4 is 7.60 Å². The third-order valence-electron chi connectivity index (χ3n) is 5.53. The third-order valence-corrected chi connectivity index (χ3v) is 6.98. The van der Waals surface area contributed by atoms with Gasteiger partial charge in [0.25, 0.3) is 0 Å². The minimum Gasteiger partial charge on any atom is -0.373 e. The molecule has 0 radical (unpaired) electrons. The summed E-state index contributed by atoms with van der Waals surface area (Å²) >= 11 is 0. The summed E-state index contributed by atoms with van der Waals surface area (Å²) in [6.45, 7) is 2.28. The number of quaternary nitrogens is 1. The number of rotatable bonds is 20. The highest BCUT2D eigenvalue weighted by molar-refractivity contribution is 7.53. The Balaban J connectivity index is 3.76. The van der Waals surface area contributed by atoms with Gasteiger partial charge in [-0.05, 0) is 51.4 Å². The zero-order valence-corrected chi connectivity index (χ0v) is 21.7. The molecule has 0 saturated heterocycles. The smallest absolute Gasteiger partial charge is 0.362 e. The van der Waals surface area contributed by atoms with E-state index in [1.807, 2.05) is 27.2 Å². The van der Waals surface area contributed by atoms with E-state index in [9.17, 15) is 19.5 Å². The Kier molecular flexibility index (Phi) is 16.8. The van der Waals surface area contributed by atoms with Crippen molar-refractivity contribution in [3.05, 3.63) is 24.3 Å². The first-order valence-corrected chi connectivity index (χ1v) is 14.0. The van der Waals surface area contributed by atoms with Gasteiger partial charge in [0.05, 0.1) is 21.1 Å². The Labute approximate surface area is 192 Å². The lowest BCUT2D eigenvalue weighted by atomic mass is 10.1. The Morgan fingerprint density at radius 2 is 1.10 bits per heavy atom. The SMILES string of the molecule is CCCCCCCCCC/C=C\CCCC/C=C\CCC(O)(C[N+](C)(C)C)P(=O)(O)O. The van der Waals surface area contributed by atoms with E-state index in [-0.39, 0.29) is 13.0 Å². The summed E-state index contributed by atoms with van der Waals surface area (Å²) in [5.74, 6) is 0. The molecular weight excluding hydrogens is 409 g/mol. The van der Waals surface area contributed by atoms with E-state index < -0.39 is 12.9 Å². The minimum absolute atomic E-state index is 0.0242. The molecule has 0 bridgehead atoms. The largest absolute Gasteiger partial charge is 0.373 e. The summed E-state index contributed by atoms with van der Waals surface area (Å²) in [7, 11) is 0.882. The second kappa shape index (κ2) is 17.1. The van der Waals surface area contributed by atoms with Gasteiger partial charge in [0.15, 0.2) is 0 Å². The molecule has 0 heterocycles. The molecular formula is C25H51NO4P+. The van der Waals surface area contributed by atoms with Crippen molar-refractivity contribution in [2.24, 2.45) is 0 Å². The van der Waals surface area contributed by atoms with Crippen LogP contribution in [-0.2, 0) is 4.57 Å². The fraction of sp³-hybridized carbons (Fsp3) is 0.840. The van der Waals surface area contributed by atoms with Gasteiger partial charge in [0.1, 0.15) is 6.54 Å². The van der Waals surface area contributed by atoms with Gasteiger partial charge in [-0.15, -0.1) is 0 Å². The molecule has 1 unspecified atom stereocenters. The minimum atomic E-state index is -4.58. The van der Waals surface area contributed by atoms with Gasteiger partial charge in [-0.3, -0.25) is 4.57 Å². The first-order valence-electron chi connectivity index (χ1n) is 12.4. The Morgan fingerprint density at radius 3 is 1.52 bits per heavy atom. The first kappa shape index (κ1) is 30.6. The van der Waals surface area contributed by atoms with Crippen LogP contribution in [0.15, 0.2) is 24.3 Å². The lowest BCUT2D eigenvalue weighted by Crippen LogP contribution is -2.49. The highest BCUT2D eigenvalue weighted by Gasteiger charge is 2.48. The van der Waals surface area contributed by atoms with Crippen LogP contribution in [0.25, 0.3) is 0 Å². The van der Waals surface area contributed by atoms with Crippen LogP contribution in [0.1, 0.15) is 103 Å². The second-order valence-corrected chi connectivity index (χ2v) is 11.9. The average molecular weight is 461 g/mol. The molecule has 0 aromatic rings. The van der Waals surface area contributed by atoms with Crippen LogP contribution < -0.4 is 0 Å². The van der Waals surface area contributed by atoms with Gasteiger partial charge < -0.3 is 19.4 Å². The van der Waals surface area contributed by atoms with Gasteiger partial charge in [-0.25, -0.2) is 0 Å². The van der Waals surface area contributed by atoms with Gasteiger partial charge in [-0.2, -0.15) is 0 Å². The molecule has 3 N–H and O–H groups in total. The van der Waals surface area contributed by atoms with Crippen LogP contribution in [0.4, 0.5) is 0 Å². The van der Waals surface area contributed by atoms with Crippen LogP contribution in [0.3, 0.4) is 0 Å².